The quantitative estimate of drug-likeness (QED) is 0.650. The van der Waals surface area contributed by atoms with Crippen LogP contribution in [-0.2, 0) is 11.3 Å². The van der Waals surface area contributed by atoms with Crippen LogP contribution in [0.1, 0.15) is 5.56 Å². The Bertz CT molecular complexity index is 1030. The summed E-state index contributed by atoms with van der Waals surface area (Å²) in [6.45, 7) is 2.31. The molecule has 0 aliphatic carbocycles. The molecule has 3 heterocycles. The lowest BCUT2D eigenvalue weighted by molar-refractivity contribution is 0.122. The molecule has 0 radical (unpaired) electrons. The molecule has 0 atom stereocenters. The minimum absolute atomic E-state index is 0.0587. The van der Waals surface area contributed by atoms with Crippen LogP contribution < -0.4 is 10.5 Å². The van der Waals surface area contributed by atoms with Crippen molar-refractivity contribution in [1.29, 1.82) is 0 Å². The first-order valence-corrected chi connectivity index (χ1v) is 8.67. The Balaban J connectivity index is 1.76. The molecule has 1 saturated heterocycles. The lowest BCUT2D eigenvalue weighted by Crippen LogP contribution is -2.36. The molecule has 26 heavy (non-hydrogen) atoms. The van der Waals surface area contributed by atoms with Crippen LogP contribution in [0.5, 0.6) is 0 Å². The predicted octanol–water partition coefficient (Wildman–Crippen LogP) is 2.16. The zero-order chi connectivity index (χ0) is 18.3. The lowest BCUT2D eigenvalue weighted by atomic mass is 10.2. The van der Waals surface area contributed by atoms with E-state index in [1.54, 1.807) is 0 Å². The van der Waals surface area contributed by atoms with Crippen LogP contribution in [-0.4, -0.2) is 40.8 Å². The monoisotopic (exact) mass is 382 g/mol. The number of morpholine rings is 1. The number of aromatic nitrogens is 3. The highest BCUT2D eigenvalue weighted by Crippen LogP contribution is 2.27. The van der Waals surface area contributed by atoms with Crippen molar-refractivity contribution in [3.63, 3.8) is 0 Å². The zero-order valence-electron chi connectivity index (χ0n) is 13.4. The number of benzene rings is 1. The van der Waals surface area contributed by atoms with Crippen LogP contribution in [0.4, 0.5) is 18.3 Å². The molecule has 10 heteroatoms. The molecule has 0 unspecified atom stereocenters. The normalized spacial score (nSPS) is 15.0. The van der Waals surface area contributed by atoms with E-state index in [4.69, 9.17) is 4.74 Å². The number of thiazole rings is 1. The average molecular weight is 382 g/mol. The highest BCUT2D eigenvalue weighted by Gasteiger charge is 2.20. The third-order valence-electron chi connectivity index (χ3n) is 4.12. The molecule has 4 rings (SSSR count). The van der Waals surface area contributed by atoms with Gasteiger partial charge in [-0.05, 0) is 6.07 Å². The van der Waals surface area contributed by atoms with E-state index in [1.165, 1.54) is 22.2 Å². The van der Waals surface area contributed by atoms with Crippen molar-refractivity contribution in [1.82, 2.24) is 14.5 Å². The summed E-state index contributed by atoms with van der Waals surface area (Å²) in [5.41, 5.74) is -0.156. The van der Waals surface area contributed by atoms with Crippen LogP contribution in [0.15, 0.2) is 23.3 Å². The SMILES string of the molecule is O=c1ncn(Cc2ccc(F)c(F)c2F)c2nc(N3CCOCC3)sc12. The Morgan fingerprint density at radius 1 is 1.15 bits per heavy atom. The molecule has 0 N–H and O–H groups in total. The van der Waals surface area contributed by atoms with Gasteiger partial charge in [0, 0.05) is 18.7 Å². The highest BCUT2D eigenvalue weighted by atomic mass is 32.1. The van der Waals surface area contributed by atoms with Gasteiger partial charge in [-0.1, -0.05) is 17.4 Å². The van der Waals surface area contributed by atoms with Gasteiger partial charge in [-0.25, -0.2) is 18.2 Å². The molecular formula is C16H13F3N4O2S. The van der Waals surface area contributed by atoms with Crippen molar-refractivity contribution >= 4 is 26.8 Å². The lowest BCUT2D eigenvalue weighted by Gasteiger charge is -2.25. The molecular weight excluding hydrogens is 369 g/mol. The van der Waals surface area contributed by atoms with Gasteiger partial charge < -0.3 is 14.2 Å². The van der Waals surface area contributed by atoms with Crippen molar-refractivity contribution in [3.8, 4) is 0 Å². The van der Waals surface area contributed by atoms with Crippen molar-refractivity contribution in [2.45, 2.75) is 6.54 Å². The van der Waals surface area contributed by atoms with Crippen LogP contribution in [0.2, 0.25) is 0 Å². The van der Waals surface area contributed by atoms with E-state index in [2.05, 4.69) is 9.97 Å². The van der Waals surface area contributed by atoms with E-state index in [9.17, 15) is 18.0 Å². The fraction of sp³-hybridized carbons (Fsp3) is 0.312. The average Bonchev–Trinajstić information content (AvgIpc) is 3.11. The summed E-state index contributed by atoms with van der Waals surface area (Å²) < 4.78 is 47.6. The van der Waals surface area contributed by atoms with E-state index in [1.807, 2.05) is 4.90 Å². The summed E-state index contributed by atoms with van der Waals surface area (Å²) in [6, 6.07) is 2.02. The highest BCUT2D eigenvalue weighted by molar-refractivity contribution is 7.22. The first-order valence-electron chi connectivity index (χ1n) is 7.85. The van der Waals surface area contributed by atoms with Crippen LogP contribution in [0.25, 0.3) is 10.3 Å². The summed E-state index contributed by atoms with van der Waals surface area (Å²) in [5.74, 6) is -4.04. The van der Waals surface area contributed by atoms with E-state index in [0.717, 1.165) is 12.1 Å². The van der Waals surface area contributed by atoms with Gasteiger partial charge >= 0.3 is 0 Å². The largest absolute Gasteiger partial charge is 0.378 e. The maximum atomic E-state index is 14.0. The number of halogens is 3. The Morgan fingerprint density at radius 3 is 2.69 bits per heavy atom. The smallest absolute Gasteiger partial charge is 0.292 e. The fourth-order valence-corrected chi connectivity index (χ4v) is 3.77. The molecule has 1 fully saturated rings. The molecule has 2 aromatic heterocycles. The van der Waals surface area contributed by atoms with E-state index >= 15 is 0 Å². The topological polar surface area (TPSA) is 60.2 Å². The predicted molar refractivity (Wildman–Crippen MR) is 90.1 cm³/mol. The number of ether oxygens (including phenoxy) is 1. The number of nitrogens with zero attached hydrogens (tertiary/aromatic N) is 4. The Morgan fingerprint density at radius 2 is 1.92 bits per heavy atom. The van der Waals surface area contributed by atoms with Crippen molar-refractivity contribution in [2.75, 3.05) is 31.2 Å². The summed E-state index contributed by atoms with van der Waals surface area (Å²) >= 11 is 1.20. The molecule has 1 aromatic carbocycles. The van der Waals surface area contributed by atoms with Gasteiger partial charge in [-0.15, -0.1) is 0 Å². The van der Waals surface area contributed by atoms with Crippen molar-refractivity contribution in [2.24, 2.45) is 0 Å². The molecule has 0 bridgehead atoms. The second kappa shape index (κ2) is 6.69. The van der Waals surface area contributed by atoms with E-state index < -0.39 is 23.0 Å². The molecule has 0 saturated carbocycles. The number of fused-ring (bicyclic) bond motifs is 1. The van der Waals surface area contributed by atoms with Crippen molar-refractivity contribution < 1.29 is 17.9 Å². The molecule has 0 amide bonds. The second-order valence-electron chi connectivity index (χ2n) is 5.76. The summed E-state index contributed by atoms with van der Waals surface area (Å²) in [7, 11) is 0. The first kappa shape index (κ1) is 17.0. The minimum atomic E-state index is -1.53. The second-order valence-corrected chi connectivity index (χ2v) is 6.74. The standard InChI is InChI=1S/C16H13F3N4O2S/c17-10-2-1-9(11(18)12(10)19)7-23-8-20-15(24)13-14(23)21-16(26-13)22-3-5-25-6-4-22/h1-2,8H,3-7H2. The van der Waals surface area contributed by atoms with Gasteiger partial charge in [0.25, 0.3) is 5.56 Å². The maximum absolute atomic E-state index is 14.0. The van der Waals surface area contributed by atoms with Gasteiger partial charge in [-0.3, -0.25) is 4.79 Å². The third kappa shape index (κ3) is 2.95. The molecule has 6 nitrogen and oxygen atoms in total. The van der Waals surface area contributed by atoms with Gasteiger partial charge in [0.15, 0.2) is 28.2 Å². The molecule has 3 aromatic rings. The Labute approximate surface area is 149 Å². The third-order valence-corrected chi connectivity index (χ3v) is 5.21. The molecule has 136 valence electrons. The van der Waals surface area contributed by atoms with Crippen LogP contribution in [0, 0.1) is 17.5 Å². The Hall–Kier alpha value is -2.46. The zero-order valence-corrected chi connectivity index (χ0v) is 14.2. The van der Waals surface area contributed by atoms with Crippen LogP contribution in [0.3, 0.4) is 0 Å². The van der Waals surface area contributed by atoms with Gasteiger partial charge in [0.05, 0.1) is 19.8 Å². The fourth-order valence-electron chi connectivity index (χ4n) is 2.75. The first-order chi connectivity index (χ1) is 12.5. The molecule has 1 aliphatic rings. The molecule has 1 aliphatic heterocycles. The number of hydrogen-bond acceptors (Lipinski definition) is 6. The number of rotatable bonds is 3. The van der Waals surface area contributed by atoms with Gasteiger partial charge in [0.2, 0.25) is 0 Å². The minimum Gasteiger partial charge on any atom is -0.378 e. The maximum Gasteiger partial charge on any atom is 0.292 e. The van der Waals surface area contributed by atoms with Crippen molar-refractivity contribution in [3.05, 3.63) is 51.8 Å². The van der Waals surface area contributed by atoms with E-state index in [0.29, 0.717) is 41.8 Å². The van der Waals surface area contributed by atoms with Gasteiger partial charge in [0.1, 0.15) is 11.0 Å². The number of hydrogen-bond donors (Lipinski definition) is 0. The summed E-state index contributed by atoms with van der Waals surface area (Å²) in [6.07, 6.45) is 1.23. The van der Waals surface area contributed by atoms with Crippen LogP contribution >= 0.6 is 11.3 Å². The Kier molecular flexibility index (Phi) is 4.37. The summed E-state index contributed by atoms with van der Waals surface area (Å²) in [5, 5.41) is 0.646. The van der Waals surface area contributed by atoms with E-state index in [-0.39, 0.29) is 12.1 Å². The van der Waals surface area contributed by atoms with Gasteiger partial charge in [-0.2, -0.15) is 4.98 Å². The summed E-state index contributed by atoms with van der Waals surface area (Å²) in [4.78, 5) is 22.3. The molecule has 0 spiro atoms. The number of anilines is 1.